The molecule has 1 fully saturated rings. The molecule has 0 saturated heterocycles. The molecule has 0 aromatic rings. The Labute approximate surface area is 218 Å². The number of hydrogen-bond acceptors (Lipinski definition) is 10. The SMILES string of the molecule is O=C(O)CN(CCN(CC(=O)O)[C@H]1CCCC[C@@H]1N(CCN(CC(=O)O)CC(=O)O)CC(=O)O)CC(=O)O. The van der Waals surface area contributed by atoms with Gasteiger partial charge in [-0.15, -0.1) is 0 Å². The maximum absolute atomic E-state index is 11.7. The molecule has 16 nitrogen and oxygen atoms in total. The third kappa shape index (κ3) is 13.3. The average Bonchev–Trinajstić information content (AvgIpc) is 2.77. The van der Waals surface area contributed by atoms with E-state index >= 15 is 0 Å². The zero-order valence-corrected chi connectivity index (χ0v) is 21.0. The minimum Gasteiger partial charge on any atom is -0.480 e. The van der Waals surface area contributed by atoms with Crippen molar-refractivity contribution in [2.24, 2.45) is 0 Å². The fourth-order valence-corrected chi connectivity index (χ4v) is 4.75. The van der Waals surface area contributed by atoms with Gasteiger partial charge in [0, 0.05) is 38.3 Å². The lowest BCUT2D eigenvalue weighted by molar-refractivity contribution is -0.145. The van der Waals surface area contributed by atoms with Crippen molar-refractivity contribution in [3.8, 4) is 0 Å². The Kier molecular flexibility index (Phi) is 14.2. The van der Waals surface area contributed by atoms with E-state index in [-0.39, 0.29) is 26.2 Å². The smallest absolute Gasteiger partial charge is 0.317 e. The van der Waals surface area contributed by atoms with Gasteiger partial charge in [0.05, 0.1) is 39.3 Å². The van der Waals surface area contributed by atoms with Crippen molar-refractivity contribution in [3.63, 3.8) is 0 Å². The quantitative estimate of drug-likeness (QED) is 0.0965. The van der Waals surface area contributed by atoms with Gasteiger partial charge in [0.2, 0.25) is 0 Å². The van der Waals surface area contributed by atoms with Crippen LogP contribution in [0.25, 0.3) is 0 Å². The Morgan fingerprint density at radius 1 is 0.447 bits per heavy atom. The van der Waals surface area contributed by atoms with Crippen LogP contribution in [0.3, 0.4) is 0 Å². The van der Waals surface area contributed by atoms with Crippen LogP contribution in [0.15, 0.2) is 0 Å². The van der Waals surface area contributed by atoms with Crippen molar-refractivity contribution < 1.29 is 59.4 Å². The number of aliphatic carboxylic acids is 6. The summed E-state index contributed by atoms with van der Waals surface area (Å²) in [6.07, 6.45) is 2.44. The predicted octanol–water partition coefficient (Wildman–Crippen LogP) is -1.99. The summed E-state index contributed by atoms with van der Waals surface area (Å²) in [6.45, 7) is -3.22. The van der Waals surface area contributed by atoms with Gasteiger partial charge in [-0.2, -0.15) is 0 Å². The first kappa shape index (κ1) is 32.7. The number of carboxylic acid groups (broad SMARTS) is 6. The maximum atomic E-state index is 11.7. The van der Waals surface area contributed by atoms with Gasteiger partial charge in [0.1, 0.15) is 0 Å². The van der Waals surface area contributed by atoms with Gasteiger partial charge in [-0.3, -0.25) is 48.4 Å². The Balaban J connectivity index is 3.15. The fraction of sp³-hybridized carbons (Fsp3) is 0.727. The van der Waals surface area contributed by atoms with Gasteiger partial charge in [-0.25, -0.2) is 0 Å². The molecule has 0 aromatic heterocycles. The molecule has 0 amide bonds. The topological polar surface area (TPSA) is 237 Å². The van der Waals surface area contributed by atoms with Crippen molar-refractivity contribution in [1.29, 1.82) is 0 Å². The van der Waals surface area contributed by atoms with E-state index < -0.39 is 87.2 Å². The zero-order chi connectivity index (χ0) is 28.8. The lowest BCUT2D eigenvalue weighted by atomic mass is 9.87. The summed E-state index contributed by atoms with van der Waals surface area (Å²) in [4.78, 5) is 73.3. The van der Waals surface area contributed by atoms with Gasteiger partial charge in [0.15, 0.2) is 0 Å². The summed E-state index contributed by atoms with van der Waals surface area (Å²) < 4.78 is 0. The molecule has 2 atom stereocenters. The Morgan fingerprint density at radius 2 is 0.711 bits per heavy atom. The summed E-state index contributed by atoms with van der Waals surface area (Å²) in [5, 5.41) is 55.4. The summed E-state index contributed by atoms with van der Waals surface area (Å²) in [7, 11) is 0. The molecule has 1 aliphatic rings. The Bertz CT molecular complexity index is 754. The van der Waals surface area contributed by atoms with Crippen LogP contribution in [0.4, 0.5) is 0 Å². The first-order chi connectivity index (χ1) is 17.8. The molecule has 0 aromatic carbocycles. The summed E-state index contributed by atoms with van der Waals surface area (Å²) in [6, 6.07) is -0.939. The van der Waals surface area contributed by atoms with Crippen LogP contribution in [0.5, 0.6) is 0 Å². The highest BCUT2D eigenvalue weighted by Gasteiger charge is 2.36. The second kappa shape index (κ2) is 16.5. The van der Waals surface area contributed by atoms with E-state index in [4.69, 9.17) is 20.4 Å². The molecule has 0 spiro atoms. The largest absolute Gasteiger partial charge is 0.480 e. The third-order valence-electron chi connectivity index (χ3n) is 6.15. The highest BCUT2D eigenvalue weighted by atomic mass is 16.4. The van der Waals surface area contributed by atoms with Crippen molar-refractivity contribution in [2.75, 3.05) is 65.4 Å². The molecular formula is C22H36N4O12. The van der Waals surface area contributed by atoms with Gasteiger partial charge in [-0.1, -0.05) is 12.8 Å². The molecule has 1 rings (SSSR count). The molecular weight excluding hydrogens is 512 g/mol. The number of carboxylic acids is 6. The number of hydrogen-bond donors (Lipinski definition) is 6. The molecule has 6 N–H and O–H groups in total. The van der Waals surface area contributed by atoms with E-state index in [9.17, 15) is 39.0 Å². The normalized spacial score (nSPS) is 17.7. The van der Waals surface area contributed by atoms with Gasteiger partial charge in [-0.05, 0) is 12.8 Å². The molecule has 1 saturated carbocycles. The standard InChI is InChI=1S/C22H36N4O12/c27-17(28)9-23(10-18(29)30)5-7-25(13-21(35)36)15-3-1-2-4-16(15)26(14-22(37)38)8-6-24(11-19(31)32)12-20(33)34/h15-16H,1-14H2,(H,27,28)(H,29,30)(H,31,32)(H,33,34)(H,35,36)(H,37,38)/t15-,16-/m0/s1. The van der Waals surface area contributed by atoms with Crippen LogP contribution < -0.4 is 0 Å². The van der Waals surface area contributed by atoms with E-state index in [1.165, 1.54) is 0 Å². The molecule has 0 heterocycles. The van der Waals surface area contributed by atoms with E-state index in [0.29, 0.717) is 12.8 Å². The Hall–Kier alpha value is -3.34. The number of rotatable bonds is 20. The fourth-order valence-electron chi connectivity index (χ4n) is 4.75. The lowest BCUT2D eigenvalue weighted by Crippen LogP contribution is -2.58. The predicted molar refractivity (Wildman–Crippen MR) is 128 cm³/mol. The van der Waals surface area contributed by atoms with Crippen molar-refractivity contribution in [1.82, 2.24) is 19.6 Å². The van der Waals surface area contributed by atoms with Crippen LogP contribution in [0.1, 0.15) is 25.7 Å². The van der Waals surface area contributed by atoms with Crippen LogP contribution in [0, 0.1) is 0 Å². The van der Waals surface area contributed by atoms with E-state index in [2.05, 4.69) is 0 Å². The second-order valence-corrected chi connectivity index (χ2v) is 9.14. The molecule has 0 bridgehead atoms. The van der Waals surface area contributed by atoms with Gasteiger partial charge < -0.3 is 30.6 Å². The monoisotopic (exact) mass is 548 g/mol. The lowest BCUT2D eigenvalue weighted by Gasteiger charge is -2.45. The van der Waals surface area contributed by atoms with E-state index in [1.54, 1.807) is 9.80 Å². The van der Waals surface area contributed by atoms with Crippen LogP contribution in [-0.2, 0) is 28.8 Å². The summed E-state index contributed by atoms with van der Waals surface area (Å²) in [5.41, 5.74) is 0. The van der Waals surface area contributed by atoms with Crippen molar-refractivity contribution in [2.45, 2.75) is 37.8 Å². The highest BCUT2D eigenvalue weighted by Crippen LogP contribution is 2.27. The molecule has 0 unspecified atom stereocenters. The second-order valence-electron chi connectivity index (χ2n) is 9.14. The first-order valence-electron chi connectivity index (χ1n) is 12.0. The first-order valence-corrected chi connectivity index (χ1v) is 12.0. The summed E-state index contributed by atoms with van der Waals surface area (Å²) in [5.74, 6) is -7.32. The molecule has 16 heteroatoms. The number of carbonyl (C=O) groups is 6. The van der Waals surface area contributed by atoms with Crippen molar-refractivity contribution >= 4 is 35.8 Å². The van der Waals surface area contributed by atoms with Crippen LogP contribution in [0.2, 0.25) is 0 Å². The highest BCUT2D eigenvalue weighted by molar-refractivity contribution is 5.73. The van der Waals surface area contributed by atoms with E-state index in [1.807, 2.05) is 0 Å². The van der Waals surface area contributed by atoms with Gasteiger partial charge in [0.25, 0.3) is 0 Å². The summed E-state index contributed by atoms with van der Waals surface area (Å²) >= 11 is 0. The van der Waals surface area contributed by atoms with Gasteiger partial charge >= 0.3 is 35.8 Å². The third-order valence-corrected chi connectivity index (χ3v) is 6.15. The minimum atomic E-state index is -1.24. The van der Waals surface area contributed by atoms with Crippen LogP contribution >= 0.6 is 0 Å². The minimum absolute atomic E-state index is 0.0130. The maximum Gasteiger partial charge on any atom is 0.317 e. The molecule has 216 valence electrons. The van der Waals surface area contributed by atoms with Crippen molar-refractivity contribution in [3.05, 3.63) is 0 Å². The molecule has 0 radical (unpaired) electrons. The molecule has 1 aliphatic carbocycles. The average molecular weight is 549 g/mol. The zero-order valence-electron chi connectivity index (χ0n) is 21.0. The molecule has 0 aliphatic heterocycles. The van der Waals surface area contributed by atoms with E-state index in [0.717, 1.165) is 22.6 Å². The number of nitrogens with zero attached hydrogens (tertiary/aromatic N) is 4. The molecule has 38 heavy (non-hydrogen) atoms. The Morgan fingerprint density at radius 3 is 0.947 bits per heavy atom. The van der Waals surface area contributed by atoms with Crippen LogP contribution in [-0.4, -0.2) is 164 Å².